The van der Waals surface area contributed by atoms with Crippen molar-refractivity contribution in [3.63, 3.8) is 0 Å². The summed E-state index contributed by atoms with van der Waals surface area (Å²) < 4.78 is 0. The van der Waals surface area contributed by atoms with Gasteiger partial charge in [-0.25, -0.2) is 0 Å². The van der Waals surface area contributed by atoms with E-state index in [0.717, 1.165) is 17.8 Å². The number of allylic oxidation sites excluding steroid dienone is 1. The lowest BCUT2D eigenvalue weighted by atomic mass is 9.58. The summed E-state index contributed by atoms with van der Waals surface area (Å²) in [6.07, 6.45) is 7.80. The van der Waals surface area contributed by atoms with Crippen LogP contribution in [-0.4, -0.2) is 12.8 Å². The molecule has 4 atom stereocenters. The van der Waals surface area contributed by atoms with Crippen LogP contribution in [0.4, 0.5) is 0 Å². The van der Waals surface area contributed by atoms with Crippen LogP contribution in [0.3, 0.4) is 0 Å². The number of hydrogen-bond acceptors (Lipinski definition) is 1. The molecule has 0 saturated heterocycles. The summed E-state index contributed by atoms with van der Waals surface area (Å²) >= 11 is 0. The normalized spacial score (nSPS) is 41.9. The Morgan fingerprint density at radius 1 is 1.41 bits per heavy atom. The van der Waals surface area contributed by atoms with E-state index in [9.17, 15) is 0 Å². The molecule has 1 nitrogen and oxygen atoms in total. The summed E-state index contributed by atoms with van der Waals surface area (Å²) in [5.74, 6) is 2.22. The maximum Gasteiger partial charge on any atom is 0.0616 e. The molecular formula is C16H27N. The summed E-state index contributed by atoms with van der Waals surface area (Å²) in [4.78, 5) is 4.58. The van der Waals surface area contributed by atoms with Crippen LogP contribution in [0.5, 0.6) is 0 Å². The van der Waals surface area contributed by atoms with Gasteiger partial charge in [0.05, 0.1) is 6.04 Å². The molecule has 0 bridgehead atoms. The first-order valence-electron chi connectivity index (χ1n) is 7.15. The predicted molar refractivity (Wildman–Crippen MR) is 75.5 cm³/mol. The second-order valence-corrected chi connectivity index (χ2v) is 6.62. The average molecular weight is 233 g/mol. The van der Waals surface area contributed by atoms with Gasteiger partial charge in [-0.15, -0.1) is 0 Å². The molecule has 1 fully saturated rings. The van der Waals surface area contributed by atoms with Gasteiger partial charge < -0.3 is 0 Å². The SMILES string of the molecule is C=NC1C(C(C)C)CCC(C)C12C=C(C)CC2. The minimum absolute atomic E-state index is 0.332. The number of nitrogens with zero attached hydrogens (tertiary/aromatic N) is 1. The van der Waals surface area contributed by atoms with E-state index in [2.05, 4.69) is 45.5 Å². The van der Waals surface area contributed by atoms with Crippen LogP contribution in [0.1, 0.15) is 53.4 Å². The molecule has 4 unspecified atom stereocenters. The van der Waals surface area contributed by atoms with Gasteiger partial charge in [0.25, 0.3) is 0 Å². The first kappa shape index (κ1) is 12.9. The molecule has 96 valence electrons. The molecule has 0 aromatic rings. The van der Waals surface area contributed by atoms with Crippen LogP contribution in [0.2, 0.25) is 0 Å². The van der Waals surface area contributed by atoms with E-state index in [1.165, 1.54) is 25.7 Å². The highest BCUT2D eigenvalue weighted by molar-refractivity contribution is 5.29. The summed E-state index contributed by atoms with van der Waals surface area (Å²) in [5, 5.41) is 0. The number of hydrogen-bond donors (Lipinski definition) is 0. The minimum atomic E-state index is 0.332. The molecule has 0 N–H and O–H groups in total. The van der Waals surface area contributed by atoms with Gasteiger partial charge in [-0.1, -0.05) is 32.4 Å². The van der Waals surface area contributed by atoms with E-state index < -0.39 is 0 Å². The Bertz CT molecular complexity index is 328. The van der Waals surface area contributed by atoms with E-state index >= 15 is 0 Å². The lowest BCUT2D eigenvalue weighted by Gasteiger charge is -2.49. The molecule has 0 aliphatic heterocycles. The quantitative estimate of drug-likeness (QED) is 0.492. The maximum atomic E-state index is 4.58. The zero-order valence-corrected chi connectivity index (χ0v) is 11.9. The van der Waals surface area contributed by atoms with Gasteiger partial charge in [-0.05, 0) is 57.1 Å². The molecule has 1 saturated carbocycles. The van der Waals surface area contributed by atoms with E-state index in [1.54, 1.807) is 5.57 Å². The van der Waals surface area contributed by atoms with Gasteiger partial charge in [0.15, 0.2) is 0 Å². The van der Waals surface area contributed by atoms with Crippen LogP contribution in [0.25, 0.3) is 0 Å². The Hall–Kier alpha value is -0.590. The third-order valence-electron chi connectivity index (χ3n) is 5.33. The zero-order valence-electron chi connectivity index (χ0n) is 11.9. The first-order valence-corrected chi connectivity index (χ1v) is 7.15. The number of rotatable bonds is 2. The van der Waals surface area contributed by atoms with Gasteiger partial charge in [0.1, 0.15) is 0 Å². The fraction of sp³-hybridized carbons (Fsp3) is 0.812. The second-order valence-electron chi connectivity index (χ2n) is 6.62. The average Bonchev–Trinajstić information content (AvgIpc) is 2.65. The summed E-state index contributed by atoms with van der Waals surface area (Å²) in [7, 11) is 0. The van der Waals surface area contributed by atoms with Crippen molar-refractivity contribution in [1.29, 1.82) is 0 Å². The minimum Gasteiger partial charge on any atom is -0.296 e. The molecule has 1 spiro atoms. The van der Waals surface area contributed by atoms with Crippen LogP contribution >= 0.6 is 0 Å². The molecule has 2 rings (SSSR count). The highest BCUT2D eigenvalue weighted by Crippen LogP contribution is 2.54. The largest absolute Gasteiger partial charge is 0.296 e. The molecule has 2 aliphatic rings. The Labute approximate surface area is 106 Å². The van der Waals surface area contributed by atoms with Crippen molar-refractivity contribution in [2.24, 2.45) is 28.2 Å². The molecular weight excluding hydrogens is 206 g/mol. The Morgan fingerprint density at radius 2 is 2.12 bits per heavy atom. The van der Waals surface area contributed by atoms with E-state index in [1.807, 2.05) is 0 Å². The van der Waals surface area contributed by atoms with Gasteiger partial charge in [-0.3, -0.25) is 4.99 Å². The van der Waals surface area contributed by atoms with Crippen LogP contribution in [0, 0.1) is 23.2 Å². The maximum absolute atomic E-state index is 4.58. The second kappa shape index (κ2) is 4.59. The molecule has 0 aromatic carbocycles. The highest BCUT2D eigenvalue weighted by Gasteiger charge is 2.50. The monoisotopic (exact) mass is 233 g/mol. The third kappa shape index (κ3) is 1.98. The van der Waals surface area contributed by atoms with Crippen LogP contribution in [-0.2, 0) is 0 Å². The van der Waals surface area contributed by atoms with Crippen LogP contribution < -0.4 is 0 Å². The summed E-state index contributed by atoms with van der Waals surface area (Å²) in [6, 6.07) is 0.448. The Kier molecular flexibility index (Phi) is 3.47. The molecule has 0 aromatic heterocycles. The molecule has 1 heteroatoms. The van der Waals surface area contributed by atoms with Crippen molar-refractivity contribution in [2.45, 2.75) is 59.4 Å². The van der Waals surface area contributed by atoms with Crippen molar-refractivity contribution >= 4 is 6.72 Å². The van der Waals surface area contributed by atoms with Gasteiger partial charge in [-0.2, -0.15) is 0 Å². The smallest absolute Gasteiger partial charge is 0.0616 e. The zero-order chi connectivity index (χ0) is 12.6. The van der Waals surface area contributed by atoms with Crippen molar-refractivity contribution in [2.75, 3.05) is 0 Å². The van der Waals surface area contributed by atoms with Gasteiger partial charge in [0, 0.05) is 5.41 Å². The summed E-state index contributed by atoms with van der Waals surface area (Å²) in [6.45, 7) is 13.3. The van der Waals surface area contributed by atoms with E-state index in [-0.39, 0.29) is 0 Å². The van der Waals surface area contributed by atoms with Crippen molar-refractivity contribution in [3.05, 3.63) is 11.6 Å². The lowest BCUT2D eigenvalue weighted by Crippen LogP contribution is -2.47. The number of aliphatic imine (C=N–C) groups is 1. The molecule has 17 heavy (non-hydrogen) atoms. The standard InChI is InChI=1S/C16H27N/c1-11(2)14-7-6-13(4)16(15(14)17-5)9-8-12(3)10-16/h10-11,13-15H,5-9H2,1-4H3. The molecule has 0 amide bonds. The lowest BCUT2D eigenvalue weighted by molar-refractivity contribution is 0.0648. The van der Waals surface area contributed by atoms with E-state index in [4.69, 9.17) is 0 Å². The highest BCUT2D eigenvalue weighted by atomic mass is 14.8. The predicted octanol–water partition coefficient (Wildman–Crippen LogP) is 4.48. The van der Waals surface area contributed by atoms with E-state index in [0.29, 0.717) is 11.5 Å². The van der Waals surface area contributed by atoms with Crippen molar-refractivity contribution in [3.8, 4) is 0 Å². The van der Waals surface area contributed by atoms with Crippen molar-refractivity contribution < 1.29 is 0 Å². The topological polar surface area (TPSA) is 12.4 Å². The molecule has 0 heterocycles. The summed E-state index contributed by atoms with van der Waals surface area (Å²) in [5.41, 5.74) is 1.90. The Morgan fingerprint density at radius 3 is 2.59 bits per heavy atom. The Balaban J connectivity index is 2.36. The molecule has 0 radical (unpaired) electrons. The third-order valence-corrected chi connectivity index (χ3v) is 5.33. The van der Waals surface area contributed by atoms with Crippen molar-refractivity contribution in [1.82, 2.24) is 0 Å². The fourth-order valence-electron chi connectivity index (χ4n) is 4.20. The fourth-order valence-corrected chi connectivity index (χ4v) is 4.20. The van der Waals surface area contributed by atoms with Crippen LogP contribution in [0.15, 0.2) is 16.6 Å². The molecule has 2 aliphatic carbocycles. The van der Waals surface area contributed by atoms with Gasteiger partial charge in [0.2, 0.25) is 0 Å². The first-order chi connectivity index (χ1) is 8.01. The van der Waals surface area contributed by atoms with Gasteiger partial charge >= 0.3 is 0 Å².